The Hall–Kier alpha value is -2.24. The fraction of sp³-hybridized carbons (Fsp3) is 0.176. The summed E-state index contributed by atoms with van der Waals surface area (Å²) in [5.41, 5.74) is 6.39. The van der Waals surface area contributed by atoms with Crippen LogP contribution in [0.4, 0.5) is 0 Å². The number of ether oxygens (including phenoxy) is 1. The number of hydrogen-bond donors (Lipinski definition) is 1. The van der Waals surface area contributed by atoms with Crippen molar-refractivity contribution in [1.82, 2.24) is 4.90 Å². The fourth-order valence-electron chi connectivity index (χ4n) is 2.05. The van der Waals surface area contributed by atoms with E-state index in [0.717, 1.165) is 5.56 Å². The van der Waals surface area contributed by atoms with Crippen molar-refractivity contribution < 1.29 is 14.3 Å². The van der Waals surface area contributed by atoms with Gasteiger partial charge in [-0.1, -0.05) is 29.3 Å². The summed E-state index contributed by atoms with van der Waals surface area (Å²) < 4.78 is 5.16. The molecule has 5 nitrogen and oxygen atoms in total. The van der Waals surface area contributed by atoms with Crippen LogP contribution in [0.15, 0.2) is 42.5 Å². The molecule has 0 aromatic heterocycles. The lowest BCUT2D eigenvalue weighted by Crippen LogP contribution is -2.26. The molecule has 0 atom stereocenters. The summed E-state index contributed by atoms with van der Waals surface area (Å²) >= 11 is 11.9. The normalized spacial score (nSPS) is 10.3. The predicted octanol–water partition coefficient (Wildman–Crippen LogP) is 3.13. The van der Waals surface area contributed by atoms with Crippen molar-refractivity contribution in [2.45, 2.75) is 6.54 Å². The number of amides is 2. The molecule has 0 saturated carbocycles. The molecule has 0 saturated heterocycles. The first kappa shape index (κ1) is 18.1. The highest BCUT2D eigenvalue weighted by molar-refractivity contribution is 6.42. The van der Waals surface area contributed by atoms with Crippen LogP contribution in [0.2, 0.25) is 10.0 Å². The molecular weight excluding hydrogens is 351 g/mol. The second kappa shape index (κ2) is 8.04. The molecule has 0 spiro atoms. The summed E-state index contributed by atoms with van der Waals surface area (Å²) in [5, 5.41) is 0.923. The molecule has 24 heavy (non-hydrogen) atoms. The van der Waals surface area contributed by atoms with E-state index in [9.17, 15) is 9.59 Å². The van der Waals surface area contributed by atoms with Crippen LogP contribution in [-0.4, -0.2) is 30.4 Å². The number of rotatable bonds is 6. The predicted molar refractivity (Wildman–Crippen MR) is 93.4 cm³/mol. The molecule has 0 aliphatic heterocycles. The Balaban J connectivity index is 2.01. The molecule has 0 unspecified atom stereocenters. The molecule has 0 fully saturated rings. The first-order valence-electron chi connectivity index (χ1n) is 7.07. The minimum Gasteiger partial charge on any atom is -0.484 e. The maximum atomic E-state index is 12.4. The Bertz CT molecular complexity index is 748. The highest BCUT2D eigenvalue weighted by atomic mass is 35.5. The number of carbonyl (C=O) groups excluding carboxylic acids is 2. The van der Waals surface area contributed by atoms with Crippen molar-refractivity contribution >= 4 is 35.0 Å². The number of carbonyl (C=O) groups is 2. The van der Waals surface area contributed by atoms with Crippen molar-refractivity contribution in [3.05, 3.63) is 63.6 Å². The smallest absolute Gasteiger partial charge is 0.255 e. The second-order valence-electron chi connectivity index (χ2n) is 5.19. The van der Waals surface area contributed by atoms with E-state index in [4.69, 9.17) is 33.7 Å². The first-order valence-corrected chi connectivity index (χ1v) is 7.83. The van der Waals surface area contributed by atoms with Crippen LogP contribution < -0.4 is 10.5 Å². The summed E-state index contributed by atoms with van der Waals surface area (Å²) in [5.74, 6) is -0.239. The van der Waals surface area contributed by atoms with Gasteiger partial charge in [0.2, 0.25) is 0 Å². The zero-order chi connectivity index (χ0) is 17.7. The van der Waals surface area contributed by atoms with Gasteiger partial charge in [0, 0.05) is 19.2 Å². The molecule has 126 valence electrons. The van der Waals surface area contributed by atoms with E-state index >= 15 is 0 Å². The van der Waals surface area contributed by atoms with Crippen molar-refractivity contribution in [1.29, 1.82) is 0 Å². The molecule has 2 aromatic rings. The van der Waals surface area contributed by atoms with Gasteiger partial charge in [-0.25, -0.2) is 0 Å². The van der Waals surface area contributed by atoms with Crippen molar-refractivity contribution in [2.75, 3.05) is 13.7 Å². The van der Waals surface area contributed by atoms with Crippen LogP contribution in [0, 0.1) is 0 Å². The fourth-order valence-corrected chi connectivity index (χ4v) is 2.37. The number of benzene rings is 2. The Labute approximate surface area is 149 Å². The highest BCUT2D eigenvalue weighted by Gasteiger charge is 2.13. The molecule has 0 aliphatic carbocycles. The maximum Gasteiger partial charge on any atom is 0.255 e. The van der Waals surface area contributed by atoms with E-state index in [1.807, 2.05) is 6.07 Å². The summed E-state index contributed by atoms with van der Waals surface area (Å²) in [6, 6.07) is 11.7. The van der Waals surface area contributed by atoms with Gasteiger partial charge in [-0.2, -0.15) is 0 Å². The third-order valence-electron chi connectivity index (χ3n) is 3.23. The molecule has 0 heterocycles. The molecular formula is C17H16Cl2N2O3. The molecule has 0 radical (unpaired) electrons. The van der Waals surface area contributed by atoms with Crippen LogP contribution in [0.5, 0.6) is 5.75 Å². The summed E-state index contributed by atoms with van der Waals surface area (Å²) in [7, 11) is 1.70. The van der Waals surface area contributed by atoms with Gasteiger partial charge in [0.1, 0.15) is 5.75 Å². The van der Waals surface area contributed by atoms with E-state index in [2.05, 4.69) is 0 Å². The van der Waals surface area contributed by atoms with Gasteiger partial charge in [0.25, 0.3) is 11.8 Å². The number of nitrogens with zero attached hydrogens (tertiary/aromatic N) is 1. The largest absolute Gasteiger partial charge is 0.484 e. The second-order valence-corrected chi connectivity index (χ2v) is 6.00. The molecule has 2 rings (SSSR count). The minimum absolute atomic E-state index is 0.150. The van der Waals surface area contributed by atoms with E-state index in [0.29, 0.717) is 27.9 Å². The van der Waals surface area contributed by atoms with Crippen LogP contribution >= 0.6 is 23.2 Å². The zero-order valence-corrected chi connectivity index (χ0v) is 14.5. The van der Waals surface area contributed by atoms with Gasteiger partial charge in [-0.15, -0.1) is 0 Å². The molecule has 0 bridgehead atoms. The molecule has 0 aliphatic rings. The number of primary amides is 1. The van der Waals surface area contributed by atoms with Crippen LogP contribution in [-0.2, 0) is 11.3 Å². The lowest BCUT2D eigenvalue weighted by molar-refractivity contribution is -0.119. The van der Waals surface area contributed by atoms with Crippen LogP contribution in [0.1, 0.15) is 15.9 Å². The Morgan fingerprint density at radius 1 is 1.08 bits per heavy atom. The lowest BCUT2D eigenvalue weighted by Gasteiger charge is -2.18. The van der Waals surface area contributed by atoms with Gasteiger partial charge in [-0.05, 0) is 42.0 Å². The van der Waals surface area contributed by atoms with Crippen molar-refractivity contribution in [3.8, 4) is 5.75 Å². The topological polar surface area (TPSA) is 72.6 Å². The zero-order valence-electron chi connectivity index (χ0n) is 13.0. The van der Waals surface area contributed by atoms with E-state index in [-0.39, 0.29) is 12.5 Å². The van der Waals surface area contributed by atoms with Crippen LogP contribution in [0.3, 0.4) is 0 Å². The Kier molecular flexibility index (Phi) is 6.06. The number of halogens is 2. The molecule has 2 N–H and O–H groups in total. The lowest BCUT2D eigenvalue weighted by atomic mass is 10.1. The molecule has 7 heteroatoms. The van der Waals surface area contributed by atoms with E-state index in [1.165, 1.54) is 0 Å². The molecule has 2 amide bonds. The third-order valence-corrected chi connectivity index (χ3v) is 3.97. The average molecular weight is 367 g/mol. The van der Waals surface area contributed by atoms with E-state index < -0.39 is 5.91 Å². The summed E-state index contributed by atoms with van der Waals surface area (Å²) in [4.78, 5) is 24.7. The minimum atomic E-state index is -0.559. The van der Waals surface area contributed by atoms with Crippen molar-refractivity contribution in [3.63, 3.8) is 0 Å². The van der Waals surface area contributed by atoms with Gasteiger partial charge in [0.15, 0.2) is 6.61 Å². The number of nitrogens with two attached hydrogens (primary N) is 1. The average Bonchev–Trinajstić information content (AvgIpc) is 2.56. The quantitative estimate of drug-likeness (QED) is 0.853. The van der Waals surface area contributed by atoms with Gasteiger partial charge >= 0.3 is 0 Å². The highest BCUT2D eigenvalue weighted by Crippen LogP contribution is 2.23. The monoisotopic (exact) mass is 366 g/mol. The van der Waals surface area contributed by atoms with Gasteiger partial charge in [-0.3, -0.25) is 9.59 Å². The van der Waals surface area contributed by atoms with Crippen LogP contribution in [0.25, 0.3) is 0 Å². The summed E-state index contributed by atoms with van der Waals surface area (Å²) in [6.45, 7) is 0.195. The molecule has 2 aromatic carbocycles. The Morgan fingerprint density at radius 2 is 1.75 bits per heavy atom. The Morgan fingerprint density at radius 3 is 2.33 bits per heavy atom. The van der Waals surface area contributed by atoms with Gasteiger partial charge in [0.05, 0.1) is 10.0 Å². The van der Waals surface area contributed by atoms with Gasteiger partial charge < -0.3 is 15.4 Å². The van der Waals surface area contributed by atoms with Crippen molar-refractivity contribution in [2.24, 2.45) is 5.73 Å². The van der Waals surface area contributed by atoms with E-state index in [1.54, 1.807) is 48.3 Å². The standard InChI is InChI=1S/C17H16Cl2N2O3/c1-21(9-11-2-7-14(18)15(19)8-11)17(23)12-3-5-13(6-4-12)24-10-16(20)22/h2-8H,9-10H2,1H3,(H2,20,22). The number of hydrogen-bond acceptors (Lipinski definition) is 3. The SMILES string of the molecule is CN(Cc1ccc(Cl)c(Cl)c1)C(=O)c1ccc(OCC(N)=O)cc1. The third kappa shape index (κ3) is 4.88. The maximum absolute atomic E-state index is 12.4. The first-order chi connectivity index (χ1) is 11.4. The summed E-state index contributed by atoms with van der Waals surface area (Å²) in [6.07, 6.45) is 0.